The molecule has 6 heteroatoms. The van der Waals surface area contributed by atoms with E-state index in [4.69, 9.17) is 0 Å². The average Bonchev–Trinajstić information content (AvgIpc) is 2.96. The van der Waals surface area contributed by atoms with Crippen LogP contribution in [-0.4, -0.2) is 77.1 Å². The van der Waals surface area contributed by atoms with Crippen molar-refractivity contribution in [3.8, 4) is 0 Å². The second-order valence-electron chi connectivity index (χ2n) is 5.43. The summed E-state index contributed by atoms with van der Waals surface area (Å²) in [6.07, 6.45) is 2.27. The molecule has 1 saturated heterocycles. The van der Waals surface area contributed by atoms with Crippen molar-refractivity contribution >= 4 is 12.0 Å². The molecule has 0 spiro atoms. The molecule has 2 amide bonds. The van der Waals surface area contributed by atoms with Crippen molar-refractivity contribution in [1.29, 1.82) is 0 Å². The van der Waals surface area contributed by atoms with E-state index < -0.39 is 12.0 Å². The number of carbonyl (C=O) groups excluding carboxylic acids is 1. The molecular weight excluding hydrogens is 270 g/mol. The molecule has 1 atom stereocenters. The molecule has 0 aromatic rings. The zero-order valence-corrected chi connectivity index (χ0v) is 13.5. The number of carboxylic acids is 1. The van der Waals surface area contributed by atoms with E-state index in [9.17, 15) is 14.7 Å². The van der Waals surface area contributed by atoms with Gasteiger partial charge in [0, 0.05) is 19.6 Å². The summed E-state index contributed by atoms with van der Waals surface area (Å²) in [5.41, 5.74) is 0. The van der Waals surface area contributed by atoms with Gasteiger partial charge in [0.15, 0.2) is 0 Å². The second kappa shape index (κ2) is 8.87. The molecule has 1 heterocycles. The van der Waals surface area contributed by atoms with Gasteiger partial charge in [-0.15, -0.1) is 0 Å². The van der Waals surface area contributed by atoms with Crippen molar-refractivity contribution in [3.63, 3.8) is 0 Å². The highest BCUT2D eigenvalue weighted by Gasteiger charge is 2.35. The van der Waals surface area contributed by atoms with Gasteiger partial charge >= 0.3 is 12.0 Å². The van der Waals surface area contributed by atoms with Crippen molar-refractivity contribution in [2.45, 2.75) is 46.1 Å². The van der Waals surface area contributed by atoms with E-state index in [1.807, 2.05) is 6.92 Å². The fraction of sp³-hybridized carbons (Fsp3) is 0.867. The van der Waals surface area contributed by atoms with Crippen molar-refractivity contribution in [1.82, 2.24) is 14.7 Å². The Labute approximate surface area is 127 Å². The van der Waals surface area contributed by atoms with Crippen LogP contribution in [0.1, 0.15) is 40.0 Å². The van der Waals surface area contributed by atoms with E-state index in [2.05, 4.69) is 18.7 Å². The average molecular weight is 299 g/mol. The Morgan fingerprint density at radius 3 is 2.33 bits per heavy atom. The van der Waals surface area contributed by atoms with Crippen molar-refractivity contribution in [3.05, 3.63) is 0 Å². The third-order valence-corrected chi connectivity index (χ3v) is 4.23. The molecule has 21 heavy (non-hydrogen) atoms. The van der Waals surface area contributed by atoms with Gasteiger partial charge in [-0.3, -0.25) is 0 Å². The molecule has 0 radical (unpaired) electrons. The van der Waals surface area contributed by atoms with Crippen LogP contribution in [0.2, 0.25) is 0 Å². The SMILES string of the molecule is CCN(CC)CCCN(CC)C(=O)N1CCC[C@@H]1C(=O)O. The Balaban J connectivity index is 2.51. The summed E-state index contributed by atoms with van der Waals surface area (Å²) in [6, 6.07) is -0.767. The summed E-state index contributed by atoms with van der Waals surface area (Å²) in [6.45, 7) is 11.1. The maximum atomic E-state index is 12.5. The monoisotopic (exact) mass is 299 g/mol. The zero-order chi connectivity index (χ0) is 15.8. The lowest BCUT2D eigenvalue weighted by atomic mass is 10.2. The van der Waals surface area contributed by atoms with Gasteiger partial charge in [0.1, 0.15) is 6.04 Å². The molecule has 1 rings (SSSR count). The lowest BCUT2D eigenvalue weighted by Crippen LogP contribution is -2.48. The maximum absolute atomic E-state index is 12.5. The Hall–Kier alpha value is -1.30. The first-order chi connectivity index (χ1) is 10.0. The predicted octanol–water partition coefficient (Wildman–Crippen LogP) is 1.71. The number of rotatable bonds is 8. The van der Waals surface area contributed by atoms with E-state index in [-0.39, 0.29) is 6.03 Å². The molecule has 0 aromatic carbocycles. The summed E-state index contributed by atoms with van der Waals surface area (Å²) in [5.74, 6) is -0.889. The maximum Gasteiger partial charge on any atom is 0.326 e. The number of likely N-dealkylation sites (tertiary alicyclic amines) is 1. The smallest absolute Gasteiger partial charge is 0.326 e. The summed E-state index contributed by atoms with van der Waals surface area (Å²) in [7, 11) is 0. The lowest BCUT2D eigenvalue weighted by molar-refractivity contribution is -0.141. The molecule has 1 aliphatic heterocycles. The summed E-state index contributed by atoms with van der Waals surface area (Å²) in [5, 5.41) is 9.18. The number of urea groups is 1. The molecule has 1 N–H and O–H groups in total. The summed E-state index contributed by atoms with van der Waals surface area (Å²) < 4.78 is 0. The van der Waals surface area contributed by atoms with Gasteiger partial charge in [0.25, 0.3) is 0 Å². The van der Waals surface area contributed by atoms with Crippen LogP contribution >= 0.6 is 0 Å². The second-order valence-corrected chi connectivity index (χ2v) is 5.43. The highest BCUT2D eigenvalue weighted by Crippen LogP contribution is 2.19. The van der Waals surface area contributed by atoms with E-state index in [1.54, 1.807) is 4.90 Å². The molecule has 0 unspecified atom stereocenters. The molecular formula is C15H29N3O3. The molecule has 1 aliphatic rings. The Kier molecular flexibility index (Phi) is 7.50. The van der Waals surface area contributed by atoms with Gasteiger partial charge in [0.05, 0.1) is 0 Å². The minimum absolute atomic E-state index is 0.123. The third kappa shape index (κ3) is 4.88. The Morgan fingerprint density at radius 2 is 1.81 bits per heavy atom. The first-order valence-electron chi connectivity index (χ1n) is 8.05. The fourth-order valence-electron chi connectivity index (χ4n) is 2.85. The normalized spacial score (nSPS) is 18.3. The summed E-state index contributed by atoms with van der Waals surface area (Å²) in [4.78, 5) is 29.3. The lowest BCUT2D eigenvalue weighted by Gasteiger charge is -2.30. The number of amides is 2. The predicted molar refractivity (Wildman–Crippen MR) is 82.4 cm³/mol. The van der Waals surface area contributed by atoms with E-state index in [0.29, 0.717) is 26.1 Å². The molecule has 0 aromatic heterocycles. The van der Waals surface area contributed by atoms with Gasteiger partial charge < -0.3 is 19.8 Å². The van der Waals surface area contributed by atoms with Crippen LogP contribution in [0, 0.1) is 0 Å². The number of carbonyl (C=O) groups is 2. The molecule has 122 valence electrons. The van der Waals surface area contributed by atoms with Crippen LogP contribution in [0.3, 0.4) is 0 Å². The number of hydrogen-bond acceptors (Lipinski definition) is 3. The summed E-state index contributed by atoms with van der Waals surface area (Å²) >= 11 is 0. The zero-order valence-electron chi connectivity index (χ0n) is 13.5. The fourth-order valence-corrected chi connectivity index (χ4v) is 2.85. The molecule has 1 fully saturated rings. The third-order valence-electron chi connectivity index (χ3n) is 4.23. The highest BCUT2D eigenvalue weighted by molar-refractivity contribution is 5.83. The van der Waals surface area contributed by atoms with Gasteiger partial charge in [-0.25, -0.2) is 9.59 Å². The van der Waals surface area contributed by atoms with Gasteiger partial charge in [-0.05, 0) is 45.8 Å². The number of nitrogens with zero attached hydrogens (tertiary/aromatic N) is 3. The van der Waals surface area contributed by atoms with Gasteiger partial charge in [-0.1, -0.05) is 13.8 Å². The van der Waals surface area contributed by atoms with Crippen molar-refractivity contribution in [2.24, 2.45) is 0 Å². The van der Waals surface area contributed by atoms with E-state index in [1.165, 1.54) is 4.90 Å². The van der Waals surface area contributed by atoms with Gasteiger partial charge in [-0.2, -0.15) is 0 Å². The van der Waals surface area contributed by atoms with Crippen molar-refractivity contribution in [2.75, 3.05) is 39.3 Å². The van der Waals surface area contributed by atoms with Crippen LogP contribution in [0.15, 0.2) is 0 Å². The topological polar surface area (TPSA) is 64.1 Å². The minimum Gasteiger partial charge on any atom is -0.480 e. The Morgan fingerprint density at radius 1 is 1.14 bits per heavy atom. The van der Waals surface area contributed by atoms with Crippen molar-refractivity contribution < 1.29 is 14.7 Å². The molecule has 6 nitrogen and oxygen atoms in total. The molecule has 0 saturated carbocycles. The number of aliphatic carboxylic acids is 1. The highest BCUT2D eigenvalue weighted by atomic mass is 16.4. The first kappa shape index (κ1) is 17.8. The largest absolute Gasteiger partial charge is 0.480 e. The number of hydrogen-bond donors (Lipinski definition) is 1. The van der Waals surface area contributed by atoms with Gasteiger partial charge in [0.2, 0.25) is 0 Å². The first-order valence-corrected chi connectivity index (χ1v) is 8.05. The van der Waals surface area contributed by atoms with Crippen LogP contribution in [-0.2, 0) is 4.79 Å². The minimum atomic E-state index is -0.889. The number of carboxylic acid groups (broad SMARTS) is 1. The van der Waals surface area contributed by atoms with Crippen LogP contribution < -0.4 is 0 Å². The molecule has 0 bridgehead atoms. The Bertz CT molecular complexity index is 345. The van der Waals surface area contributed by atoms with Crippen LogP contribution in [0.5, 0.6) is 0 Å². The van der Waals surface area contributed by atoms with Crippen LogP contribution in [0.25, 0.3) is 0 Å². The standard InChI is InChI=1S/C15H29N3O3/c1-4-16(5-2)10-8-11-17(6-3)15(21)18-12-7-9-13(18)14(19)20/h13H,4-12H2,1-3H3,(H,19,20)/t13-/m1/s1. The van der Waals surface area contributed by atoms with E-state index >= 15 is 0 Å². The quantitative estimate of drug-likeness (QED) is 0.741. The molecule has 0 aliphatic carbocycles. The van der Waals surface area contributed by atoms with E-state index in [0.717, 1.165) is 32.5 Å². The van der Waals surface area contributed by atoms with Crippen LogP contribution in [0.4, 0.5) is 4.79 Å².